The van der Waals surface area contributed by atoms with Crippen molar-refractivity contribution in [2.24, 2.45) is 5.73 Å². The average Bonchev–Trinajstić information content (AvgIpc) is 2.81. The number of hydrogen-bond donors (Lipinski definition) is 2. The van der Waals surface area contributed by atoms with Crippen LogP contribution in [0.2, 0.25) is 5.02 Å². The lowest BCUT2D eigenvalue weighted by Gasteiger charge is -2.06. The van der Waals surface area contributed by atoms with Crippen LogP contribution in [-0.2, 0) is 6.54 Å². The molecule has 0 unspecified atom stereocenters. The molecule has 2 rings (SSSR count). The van der Waals surface area contributed by atoms with Gasteiger partial charge in [-0.05, 0) is 40.8 Å². The molecule has 1 aromatic heterocycles. The molecule has 1 aromatic carbocycles. The van der Waals surface area contributed by atoms with E-state index in [4.69, 9.17) is 17.3 Å². The Hall–Kier alpha value is -0.700. The minimum atomic E-state index is -0.244. The number of carbonyl (C=O) groups is 1. The second-order valence-corrected chi connectivity index (χ2v) is 5.95. The molecule has 0 bridgehead atoms. The molecule has 0 aliphatic carbocycles. The molecular weight excluding hydrogens is 385 g/mol. The molecule has 0 fully saturated rings. The molecular formula is C11H9ClIN3OS. The van der Waals surface area contributed by atoms with Gasteiger partial charge in [-0.1, -0.05) is 11.6 Å². The second-order valence-electron chi connectivity index (χ2n) is 3.41. The highest BCUT2D eigenvalue weighted by atomic mass is 127. The van der Waals surface area contributed by atoms with E-state index in [-0.39, 0.29) is 5.91 Å². The van der Waals surface area contributed by atoms with Gasteiger partial charge in [-0.2, -0.15) is 0 Å². The summed E-state index contributed by atoms with van der Waals surface area (Å²) in [6, 6.07) is 5.27. The van der Waals surface area contributed by atoms with Crippen LogP contribution >= 0.6 is 45.5 Å². The zero-order valence-corrected chi connectivity index (χ0v) is 12.8. The zero-order valence-electron chi connectivity index (χ0n) is 9.11. The molecule has 4 nitrogen and oxygen atoms in total. The summed E-state index contributed by atoms with van der Waals surface area (Å²) in [6.07, 6.45) is 0. The summed E-state index contributed by atoms with van der Waals surface area (Å²) < 4.78 is 0.878. The maximum Gasteiger partial charge on any atom is 0.275 e. The van der Waals surface area contributed by atoms with Gasteiger partial charge in [-0.25, -0.2) is 4.98 Å². The molecule has 2 aromatic rings. The number of nitrogens with two attached hydrogens (primary N) is 1. The Bertz CT molecular complexity index is 587. The molecule has 1 heterocycles. The van der Waals surface area contributed by atoms with E-state index in [2.05, 4.69) is 32.9 Å². The molecule has 0 aliphatic heterocycles. The lowest BCUT2D eigenvalue weighted by atomic mass is 10.3. The maximum atomic E-state index is 11.9. The van der Waals surface area contributed by atoms with Gasteiger partial charge in [0.15, 0.2) is 0 Å². The Morgan fingerprint density at radius 3 is 2.94 bits per heavy atom. The Labute approximate surface area is 127 Å². The molecule has 3 N–H and O–H groups in total. The van der Waals surface area contributed by atoms with E-state index >= 15 is 0 Å². The van der Waals surface area contributed by atoms with E-state index in [0.717, 1.165) is 8.58 Å². The zero-order chi connectivity index (χ0) is 13.1. The number of hydrogen-bond acceptors (Lipinski definition) is 4. The first-order valence-electron chi connectivity index (χ1n) is 5.01. The summed E-state index contributed by atoms with van der Waals surface area (Å²) >= 11 is 9.34. The summed E-state index contributed by atoms with van der Waals surface area (Å²) in [4.78, 5) is 16.1. The molecule has 0 saturated heterocycles. The van der Waals surface area contributed by atoms with Crippen LogP contribution in [0.5, 0.6) is 0 Å². The minimum Gasteiger partial charge on any atom is -0.325 e. The lowest BCUT2D eigenvalue weighted by Crippen LogP contribution is -2.13. The van der Waals surface area contributed by atoms with E-state index in [1.807, 2.05) is 0 Å². The molecule has 0 atom stereocenters. The van der Waals surface area contributed by atoms with Gasteiger partial charge in [0, 0.05) is 20.5 Å². The van der Waals surface area contributed by atoms with Crippen molar-refractivity contribution in [3.63, 3.8) is 0 Å². The number of rotatable bonds is 3. The molecule has 0 radical (unpaired) electrons. The minimum absolute atomic E-state index is 0.244. The predicted molar refractivity (Wildman–Crippen MR) is 82.1 cm³/mol. The highest BCUT2D eigenvalue weighted by Crippen LogP contribution is 2.23. The van der Waals surface area contributed by atoms with Crippen LogP contribution in [0.1, 0.15) is 15.5 Å². The van der Waals surface area contributed by atoms with E-state index in [1.54, 1.807) is 23.6 Å². The standard InChI is InChI=1S/C11H9ClIN3OS/c12-6-1-2-8(7(13)3-6)16-11(17)9-5-18-10(4-14)15-9/h1-3,5H,4,14H2,(H,16,17). The van der Waals surface area contributed by atoms with Gasteiger partial charge in [0.25, 0.3) is 5.91 Å². The lowest BCUT2D eigenvalue weighted by molar-refractivity contribution is 0.102. The van der Waals surface area contributed by atoms with Crippen molar-refractivity contribution in [3.05, 3.63) is 42.9 Å². The summed E-state index contributed by atoms with van der Waals surface area (Å²) in [6.45, 7) is 0.344. The van der Waals surface area contributed by atoms with Crippen molar-refractivity contribution < 1.29 is 4.79 Å². The van der Waals surface area contributed by atoms with E-state index in [9.17, 15) is 4.79 Å². The fourth-order valence-corrected chi connectivity index (χ4v) is 2.95. The smallest absolute Gasteiger partial charge is 0.275 e. The van der Waals surface area contributed by atoms with E-state index < -0.39 is 0 Å². The van der Waals surface area contributed by atoms with Crippen molar-refractivity contribution in [3.8, 4) is 0 Å². The molecule has 0 aliphatic rings. The number of nitrogens with one attached hydrogen (secondary N) is 1. The van der Waals surface area contributed by atoms with Crippen LogP contribution in [0, 0.1) is 3.57 Å². The van der Waals surface area contributed by atoms with Crippen LogP contribution in [0.25, 0.3) is 0 Å². The third kappa shape index (κ3) is 3.19. The number of nitrogens with zero attached hydrogens (tertiary/aromatic N) is 1. The number of carbonyl (C=O) groups excluding carboxylic acids is 1. The van der Waals surface area contributed by atoms with Gasteiger partial charge in [-0.3, -0.25) is 4.79 Å². The first-order chi connectivity index (χ1) is 8.60. The van der Waals surface area contributed by atoms with Gasteiger partial charge in [0.05, 0.1) is 5.69 Å². The maximum absolute atomic E-state index is 11.9. The molecule has 18 heavy (non-hydrogen) atoms. The summed E-state index contributed by atoms with van der Waals surface area (Å²) in [5.74, 6) is -0.244. The first kappa shape index (κ1) is 13.7. The van der Waals surface area contributed by atoms with Gasteiger partial charge < -0.3 is 11.1 Å². The van der Waals surface area contributed by atoms with Crippen molar-refractivity contribution in [2.45, 2.75) is 6.54 Å². The SMILES string of the molecule is NCc1nc(C(=O)Nc2ccc(Cl)cc2I)cs1. The van der Waals surface area contributed by atoms with Crippen molar-refractivity contribution in [1.29, 1.82) is 0 Å². The molecule has 0 spiro atoms. The van der Waals surface area contributed by atoms with Crippen molar-refractivity contribution in [2.75, 3.05) is 5.32 Å². The third-order valence-corrected chi connectivity index (χ3v) is 4.14. The summed E-state index contributed by atoms with van der Waals surface area (Å²) in [5, 5.41) is 5.86. The monoisotopic (exact) mass is 393 g/mol. The third-order valence-electron chi connectivity index (χ3n) is 2.14. The highest BCUT2D eigenvalue weighted by molar-refractivity contribution is 14.1. The average molecular weight is 394 g/mol. The largest absolute Gasteiger partial charge is 0.325 e. The van der Waals surface area contributed by atoms with E-state index in [1.165, 1.54) is 11.3 Å². The number of thiazole rings is 1. The fraction of sp³-hybridized carbons (Fsp3) is 0.0909. The topological polar surface area (TPSA) is 68.0 Å². The Morgan fingerprint density at radius 2 is 2.33 bits per heavy atom. The fourth-order valence-electron chi connectivity index (χ4n) is 1.29. The number of aromatic nitrogens is 1. The normalized spacial score (nSPS) is 10.4. The predicted octanol–water partition coefficient (Wildman–Crippen LogP) is 3.11. The quantitative estimate of drug-likeness (QED) is 0.787. The number of anilines is 1. The second kappa shape index (κ2) is 5.96. The van der Waals surface area contributed by atoms with Gasteiger partial charge in [0.1, 0.15) is 10.7 Å². The molecule has 0 saturated carbocycles. The highest BCUT2D eigenvalue weighted by Gasteiger charge is 2.12. The first-order valence-corrected chi connectivity index (χ1v) is 7.34. The van der Waals surface area contributed by atoms with Gasteiger partial charge in [-0.15, -0.1) is 11.3 Å². The molecule has 7 heteroatoms. The molecule has 94 valence electrons. The van der Waals surface area contributed by atoms with Crippen LogP contribution in [0.3, 0.4) is 0 Å². The Balaban J connectivity index is 2.16. The molecule has 1 amide bonds. The van der Waals surface area contributed by atoms with Crippen LogP contribution < -0.4 is 11.1 Å². The van der Waals surface area contributed by atoms with Crippen LogP contribution in [0.4, 0.5) is 5.69 Å². The van der Waals surface area contributed by atoms with Crippen LogP contribution in [-0.4, -0.2) is 10.9 Å². The van der Waals surface area contributed by atoms with E-state index in [0.29, 0.717) is 22.9 Å². The summed E-state index contributed by atoms with van der Waals surface area (Å²) in [7, 11) is 0. The number of halogens is 2. The van der Waals surface area contributed by atoms with Gasteiger partial charge in [0.2, 0.25) is 0 Å². The number of amides is 1. The van der Waals surface area contributed by atoms with Crippen LogP contribution in [0.15, 0.2) is 23.6 Å². The summed E-state index contributed by atoms with van der Waals surface area (Å²) in [5.41, 5.74) is 6.55. The Morgan fingerprint density at radius 1 is 1.56 bits per heavy atom. The van der Waals surface area contributed by atoms with Crippen molar-refractivity contribution >= 4 is 57.1 Å². The van der Waals surface area contributed by atoms with Crippen molar-refractivity contribution in [1.82, 2.24) is 4.98 Å². The van der Waals surface area contributed by atoms with Gasteiger partial charge >= 0.3 is 0 Å². The Kier molecular flexibility index (Phi) is 4.55. The number of benzene rings is 1.